The molecule has 2 amide bonds. The van der Waals surface area contributed by atoms with Gasteiger partial charge in [0.15, 0.2) is 11.6 Å². The van der Waals surface area contributed by atoms with Gasteiger partial charge in [-0.25, -0.2) is 24.7 Å². The van der Waals surface area contributed by atoms with Crippen molar-refractivity contribution in [3.05, 3.63) is 60.2 Å². The van der Waals surface area contributed by atoms with Crippen molar-refractivity contribution in [3.8, 4) is 5.75 Å². The van der Waals surface area contributed by atoms with E-state index in [0.29, 0.717) is 43.4 Å². The van der Waals surface area contributed by atoms with Gasteiger partial charge in [-0.1, -0.05) is 20.8 Å². The van der Waals surface area contributed by atoms with Gasteiger partial charge in [-0.2, -0.15) is 0 Å². The van der Waals surface area contributed by atoms with Crippen molar-refractivity contribution in [1.82, 2.24) is 24.8 Å². The molecule has 1 aliphatic rings. The number of carbonyl (C=O) groups excluding carboxylic acids is 1. The third kappa shape index (κ3) is 5.69. The maximum absolute atomic E-state index is 12.8. The lowest BCUT2D eigenvalue weighted by Crippen LogP contribution is -2.50. The van der Waals surface area contributed by atoms with Crippen molar-refractivity contribution < 1.29 is 9.53 Å². The number of hydrogen-bond donors (Lipinski definition) is 2. The zero-order chi connectivity index (χ0) is 24.1. The Labute approximate surface area is 199 Å². The highest BCUT2D eigenvalue weighted by Gasteiger charge is 2.24. The predicted octanol–water partition coefficient (Wildman–Crippen LogP) is 3.08. The van der Waals surface area contributed by atoms with Gasteiger partial charge in [-0.05, 0) is 41.3 Å². The molecule has 10 nitrogen and oxygen atoms in total. The number of rotatable bonds is 5. The highest BCUT2D eigenvalue weighted by Crippen LogP contribution is 2.27. The van der Waals surface area contributed by atoms with Crippen LogP contribution in [0.25, 0.3) is 0 Å². The lowest BCUT2D eigenvalue weighted by molar-refractivity contribution is 0.207. The molecule has 3 N–H and O–H groups in total. The summed E-state index contributed by atoms with van der Waals surface area (Å²) in [6, 6.07) is 9.21. The molecule has 1 fully saturated rings. The third-order valence-electron chi connectivity index (χ3n) is 5.59. The molecule has 4 rings (SSSR count). The molecule has 3 aromatic rings. The van der Waals surface area contributed by atoms with Crippen LogP contribution < -0.4 is 20.7 Å². The second-order valence-corrected chi connectivity index (χ2v) is 9.10. The van der Waals surface area contributed by atoms with Gasteiger partial charge in [-0.15, -0.1) is 0 Å². The van der Waals surface area contributed by atoms with Crippen LogP contribution in [0.5, 0.6) is 5.75 Å². The van der Waals surface area contributed by atoms with Gasteiger partial charge in [0.1, 0.15) is 12.4 Å². The van der Waals surface area contributed by atoms with Crippen LogP contribution in [0.1, 0.15) is 32.0 Å². The molecule has 0 bridgehead atoms. The summed E-state index contributed by atoms with van der Waals surface area (Å²) in [6.07, 6.45) is 5.06. The van der Waals surface area contributed by atoms with Crippen LogP contribution in [-0.2, 0) is 12.0 Å². The van der Waals surface area contributed by atoms with Gasteiger partial charge in [0.05, 0.1) is 5.69 Å². The number of nitrogens with zero attached hydrogens (tertiary/aromatic N) is 6. The van der Waals surface area contributed by atoms with Gasteiger partial charge >= 0.3 is 6.03 Å². The van der Waals surface area contributed by atoms with Gasteiger partial charge in [0.2, 0.25) is 5.95 Å². The first kappa shape index (κ1) is 23.2. The Balaban J connectivity index is 1.35. The predicted molar refractivity (Wildman–Crippen MR) is 131 cm³/mol. The number of piperazine rings is 1. The molecule has 10 heteroatoms. The minimum Gasteiger partial charge on any atom is -0.483 e. The Bertz CT molecular complexity index is 1140. The number of anilines is 3. The van der Waals surface area contributed by atoms with Crippen molar-refractivity contribution >= 4 is 23.6 Å². The quantitative estimate of drug-likeness (QED) is 0.593. The van der Waals surface area contributed by atoms with Gasteiger partial charge < -0.3 is 20.3 Å². The van der Waals surface area contributed by atoms with E-state index in [1.165, 1.54) is 0 Å². The number of aromatic nitrogens is 4. The number of urea groups is 1. The third-order valence-corrected chi connectivity index (χ3v) is 5.59. The summed E-state index contributed by atoms with van der Waals surface area (Å²) in [7, 11) is 0. The molecule has 0 saturated carbocycles. The van der Waals surface area contributed by atoms with E-state index in [1.807, 2.05) is 24.3 Å². The first-order valence-electron chi connectivity index (χ1n) is 11.2. The van der Waals surface area contributed by atoms with Crippen LogP contribution >= 0.6 is 0 Å². The second-order valence-electron chi connectivity index (χ2n) is 9.10. The molecule has 0 aromatic carbocycles. The Morgan fingerprint density at radius 2 is 1.82 bits per heavy atom. The van der Waals surface area contributed by atoms with Crippen LogP contribution in [0.4, 0.5) is 22.4 Å². The number of nitrogens with two attached hydrogens (primary N) is 1. The summed E-state index contributed by atoms with van der Waals surface area (Å²) >= 11 is 0. The maximum Gasteiger partial charge on any atom is 0.323 e. The van der Waals surface area contributed by atoms with E-state index in [4.69, 9.17) is 10.5 Å². The molecule has 0 unspecified atom stereocenters. The SMILES string of the molecule is CC(C)(C)c1ccnc(NC(=O)N2CCN(c3ncccc3OCc3ccnc(N)n3)CC2)c1. The summed E-state index contributed by atoms with van der Waals surface area (Å²) in [5, 5.41) is 2.93. The fourth-order valence-corrected chi connectivity index (χ4v) is 3.65. The Morgan fingerprint density at radius 3 is 2.56 bits per heavy atom. The molecule has 4 heterocycles. The summed E-state index contributed by atoms with van der Waals surface area (Å²) in [5.41, 5.74) is 7.44. The van der Waals surface area contributed by atoms with Crippen LogP contribution in [0.15, 0.2) is 48.9 Å². The van der Waals surface area contributed by atoms with Crippen molar-refractivity contribution in [2.45, 2.75) is 32.8 Å². The molecule has 0 atom stereocenters. The summed E-state index contributed by atoms with van der Waals surface area (Å²) in [5.74, 6) is 2.16. The lowest BCUT2D eigenvalue weighted by atomic mass is 9.88. The number of nitrogen functional groups attached to an aromatic ring is 1. The lowest BCUT2D eigenvalue weighted by Gasteiger charge is -2.35. The molecule has 1 saturated heterocycles. The largest absolute Gasteiger partial charge is 0.483 e. The number of amides is 2. The van der Waals surface area contributed by atoms with E-state index in [-0.39, 0.29) is 24.0 Å². The van der Waals surface area contributed by atoms with Gasteiger partial charge in [0.25, 0.3) is 0 Å². The first-order valence-corrected chi connectivity index (χ1v) is 11.2. The summed E-state index contributed by atoms with van der Waals surface area (Å²) in [6.45, 7) is 9.04. The van der Waals surface area contributed by atoms with Gasteiger partial charge in [-0.3, -0.25) is 5.32 Å². The molecule has 1 aliphatic heterocycles. The number of pyridine rings is 2. The van der Waals surface area contributed by atoms with Crippen LogP contribution in [0, 0.1) is 0 Å². The molecule has 178 valence electrons. The zero-order valence-electron chi connectivity index (χ0n) is 19.7. The fourth-order valence-electron chi connectivity index (χ4n) is 3.65. The Kier molecular flexibility index (Phi) is 6.76. The molecular formula is C24H30N8O2. The maximum atomic E-state index is 12.8. The number of hydrogen-bond acceptors (Lipinski definition) is 8. The van der Waals surface area contributed by atoms with E-state index in [9.17, 15) is 4.79 Å². The minimum atomic E-state index is -0.156. The van der Waals surface area contributed by atoms with E-state index in [2.05, 4.69) is 50.9 Å². The van der Waals surface area contributed by atoms with E-state index < -0.39 is 0 Å². The highest BCUT2D eigenvalue weighted by atomic mass is 16.5. The van der Waals surface area contributed by atoms with Crippen molar-refractivity contribution in [3.63, 3.8) is 0 Å². The first-order chi connectivity index (χ1) is 16.3. The average molecular weight is 463 g/mol. The number of carbonyl (C=O) groups is 1. The number of ether oxygens (including phenoxy) is 1. The minimum absolute atomic E-state index is 0.0173. The standard InChI is InChI=1S/C24H30N8O2/c1-24(2,3)17-6-9-26-20(15-17)30-23(33)32-13-11-31(12-14-32)21-19(5-4-8-27-21)34-16-18-7-10-28-22(25)29-18/h4-10,15H,11-14,16H2,1-3H3,(H2,25,28,29)(H,26,30,33). The molecule has 3 aromatic heterocycles. The fraction of sp³-hybridized carbons (Fsp3) is 0.375. The average Bonchev–Trinajstić information content (AvgIpc) is 2.83. The van der Waals surface area contributed by atoms with Crippen LogP contribution in [0.2, 0.25) is 0 Å². The smallest absolute Gasteiger partial charge is 0.323 e. The molecule has 0 aliphatic carbocycles. The molecule has 0 spiro atoms. The monoisotopic (exact) mass is 462 g/mol. The summed E-state index contributed by atoms with van der Waals surface area (Å²) < 4.78 is 5.97. The van der Waals surface area contributed by atoms with Gasteiger partial charge in [0, 0.05) is 44.8 Å². The van der Waals surface area contributed by atoms with Crippen molar-refractivity contribution in [2.24, 2.45) is 0 Å². The zero-order valence-corrected chi connectivity index (χ0v) is 19.7. The Hall–Kier alpha value is -3.95. The molecule has 0 radical (unpaired) electrons. The van der Waals surface area contributed by atoms with E-state index in [1.54, 1.807) is 29.6 Å². The summed E-state index contributed by atoms with van der Waals surface area (Å²) in [4.78, 5) is 33.6. The van der Waals surface area contributed by atoms with E-state index in [0.717, 1.165) is 11.4 Å². The normalized spacial score (nSPS) is 14.1. The van der Waals surface area contributed by atoms with Crippen LogP contribution in [-0.4, -0.2) is 57.0 Å². The molecular weight excluding hydrogens is 432 g/mol. The van der Waals surface area contributed by atoms with E-state index >= 15 is 0 Å². The van der Waals surface area contributed by atoms with Crippen LogP contribution in [0.3, 0.4) is 0 Å². The topological polar surface area (TPSA) is 122 Å². The molecule has 34 heavy (non-hydrogen) atoms. The highest BCUT2D eigenvalue weighted by molar-refractivity contribution is 5.88. The number of nitrogens with one attached hydrogen (secondary N) is 1. The Morgan fingerprint density at radius 1 is 1.06 bits per heavy atom. The van der Waals surface area contributed by atoms with Crippen molar-refractivity contribution in [2.75, 3.05) is 42.1 Å². The van der Waals surface area contributed by atoms with Crippen molar-refractivity contribution in [1.29, 1.82) is 0 Å². The second kappa shape index (κ2) is 9.90.